The second-order valence-electron chi connectivity index (χ2n) is 10.1. The van der Waals surface area contributed by atoms with E-state index >= 15 is 0 Å². The SMILES string of the molecule is O=C(N[C@@H](CSCc1ccccc1)C(=O)O)/C(=C\c1ccc(Cl)c(Cl)c1)NC(=O)C1CCN(c2nccc(C(F)(F)F)n2)CC1. The molecule has 3 N–H and O–H groups in total. The normalized spacial score (nSPS) is 15.0. The molecule has 45 heavy (non-hydrogen) atoms. The Balaban J connectivity index is 1.45. The van der Waals surface area contributed by atoms with Gasteiger partial charge in [0.15, 0.2) is 0 Å². The summed E-state index contributed by atoms with van der Waals surface area (Å²) in [5.74, 6) is -2.65. The summed E-state index contributed by atoms with van der Waals surface area (Å²) in [6.45, 7) is 0.411. The Morgan fingerprint density at radius 2 is 1.78 bits per heavy atom. The fourth-order valence-electron chi connectivity index (χ4n) is 4.44. The number of thioether (sulfide) groups is 1. The molecule has 1 aromatic heterocycles. The van der Waals surface area contributed by atoms with Gasteiger partial charge >= 0.3 is 12.1 Å². The van der Waals surface area contributed by atoms with Gasteiger partial charge < -0.3 is 20.6 Å². The van der Waals surface area contributed by atoms with E-state index in [-0.39, 0.29) is 53.4 Å². The van der Waals surface area contributed by atoms with Crippen LogP contribution in [0.3, 0.4) is 0 Å². The van der Waals surface area contributed by atoms with E-state index in [1.165, 1.54) is 30.0 Å². The number of carbonyl (C=O) groups is 3. The largest absolute Gasteiger partial charge is 0.480 e. The van der Waals surface area contributed by atoms with Crippen LogP contribution in [0.2, 0.25) is 10.0 Å². The number of hydrogen-bond acceptors (Lipinski definition) is 7. The van der Waals surface area contributed by atoms with Crippen LogP contribution in [0.4, 0.5) is 19.1 Å². The lowest BCUT2D eigenvalue weighted by molar-refractivity contribution is -0.141. The lowest BCUT2D eigenvalue weighted by atomic mass is 9.96. The van der Waals surface area contributed by atoms with Crippen molar-refractivity contribution in [3.05, 3.63) is 93.4 Å². The number of carbonyl (C=O) groups excluding carboxylic acids is 2. The Morgan fingerprint density at radius 3 is 2.42 bits per heavy atom. The monoisotopic (exact) mass is 681 g/mol. The van der Waals surface area contributed by atoms with Crippen molar-refractivity contribution in [2.45, 2.75) is 30.8 Å². The van der Waals surface area contributed by atoms with Gasteiger partial charge in [-0.25, -0.2) is 14.8 Å². The molecule has 1 atom stereocenters. The van der Waals surface area contributed by atoms with E-state index in [4.69, 9.17) is 23.2 Å². The van der Waals surface area contributed by atoms with Crippen molar-refractivity contribution in [2.75, 3.05) is 23.7 Å². The van der Waals surface area contributed by atoms with E-state index in [1.54, 1.807) is 11.0 Å². The quantitative estimate of drug-likeness (QED) is 0.221. The number of piperidine rings is 1. The Hall–Kier alpha value is -3.81. The third kappa shape index (κ3) is 9.84. The second kappa shape index (κ2) is 15.5. The fraction of sp³-hybridized carbons (Fsp3) is 0.300. The van der Waals surface area contributed by atoms with Gasteiger partial charge in [0.2, 0.25) is 11.9 Å². The molecular formula is C30H28Cl2F3N5O4S. The summed E-state index contributed by atoms with van der Waals surface area (Å²) in [7, 11) is 0. The number of rotatable bonds is 11. The first-order valence-corrected chi connectivity index (χ1v) is 15.6. The summed E-state index contributed by atoms with van der Waals surface area (Å²) >= 11 is 13.5. The van der Waals surface area contributed by atoms with Crippen molar-refractivity contribution < 1.29 is 32.7 Å². The van der Waals surface area contributed by atoms with Crippen molar-refractivity contribution >= 4 is 64.8 Å². The first kappa shape index (κ1) is 34.1. The number of anilines is 1. The zero-order chi connectivity index (χ0) is 32.6. The minimum Gasteiger partial charge on any atom is -0.480 e. The molecule has 1 fully saturated rings. The molecule has 2 aromatic carbocycles. The molecule has 0 bridgehead atoms. The summed E-state index contributed by atoms with van der Waals surface area (Å²) in [5, 5.41) is 15.4. The van der Waals surface area contributed by atoms with Crippen molar-refractivity contribution in [3.8, 4) is 0 Å². The zero-order valence-corrected chi connectivity index (χ0v) is 25.9. The topological polar surface area (TPSA) is 125 Å². The van der Waals surface area contributed by atoms with Gasteiger partial charge in [0, 0.05) is 36.7 Å². The van der Waals surface area contributed by atoms with Gasteiger partial charge in [0.1, 0.15) is 17.4 Å². The molecule has 2 heterocycles. The van der Waals surface area contributed by atoms with Gasteiger partial charge in [-0.05, 0) is 48.2 Å². The molecule has 2 amide bonds. The van der Waals surface area contributed by atoms with Crippen LogP contribution in [0.25, 0.3) is 6.08 Å². The molecule has 0 saturated carbocycles. The molecule has 238 valence electrons. The van der Waals surface area contributed by atoms with E-state index < -0.39 is 41.6 Å². The van der Waals surface area contributed by atoms with E-state index in [2.05, 4.69) is 20.6 Å². The minimum absolute atomic E-state index is 0.0695. The number of nitrogens with zero attached hydrogens (tertiary/aromatic N) is 3. The van der Waals surface area contributed by atoms with Gasteiger partial charge in [0.25, 0.3) is 5.91 Å². The van der Waals surface area contributed by atoms with E-state index in [0.29, 0.717) is 11.3 Å². The van der Waals surface area contributed by atoms with Crippen LogP contribution in [-0.2, 0) is 26.3 Å². The molecule has 9 nitrogen and oxygen atoms in total. The maximum Gasteiger partial charge on any atom is 0.433 e. The Bertz CT molecular complexity index is 1550. The molecular weight excluding hydrogens is 654 g/mol. The van der Waals surface area contributed by atoms with E-state index in [9.17, 15) is 32.7 Å². The standard InChI is InChI=1S/C30H28Cl2F3N5O4S/c31-21-7-6-19(14-22(21)32)15-23(27(42)38-24(28(43)44)17-45-16-18-4-2-1-3-5-18)37-26(41)20-9-12-40(13-10-20)29-36-11-8-25(39-29)30(33,34)35/h1-8,11,14-15,20,24H,9-10,12-13,16-17H2,(H,37,41)(H,38,42)(H,43,44)/b23-15+/t24-/m0/s1. The summed E-state index contributed by atoms with van der Waals surface area (Å²) in [4.78, 5) is 47.8. The van der Waals surface area contributed by atoms with Crippen molar-refractivity contribution in [1.82, 2.24) is 20.6 Å². The molecule has 0 spiro atoms. The van der Waals surface area contributed by atoms with E-state index in [0.717, 1.165) is 17.8 Å². The zero-order valence-electron chi connectivity index (χ0n) is 23.6. The van der Waals surface area contributed by atoms with Crippen molar-refractivity contribution in [2.24, 2.45) is 5.92 Å². The molecule has 15 heteroatoms. The molecule has 1 saturated heterocycles. The van der Waals surface area contributed by atoms with Crippen LogP contribution in [0.15, 0.2) is 66.5 Å². The lowest BCUT2D eigenvalue weighted by Crippen LogP contribution is -2.47. The highest BCUT2D eigenvalue weighted by molar-refractivity contribution is 7.98. The number of alkyl halides is 3. The van der Waals surface area contributed by atoms with Gasteiger partial charge in [0.05, 0.1) is 10.0 Å². The van der Waals surface area contributed by atoms with Crippen molar-refractivity contribution in [1.29, 1.82) is 0 Å². The Morgan fingerprint density at radius 1 is 1.07 bits per heavy atom. The average molecular weight is 683 g/mol. The molecule has 1 aliphatic heterocycles. The molecule has 0 radical (unpaired) electrons. The fourth-order valence-corrected chi connectivity index (χ4v) is 5.76. The van der Waals surface area contributed by atoms with Gasteiger partial charge in [-0.3, -0.25) is 9.59 Å². The van der Waals surface area contributed by atoms with Crippen LogP contribution in [0, 0.1) is 5.92 Å². The molecule has 0 aliphatic carbocycles. The predicted octanol–water partition coefficient (Wildman–Crippen LogP) is 5.68. The maximum atomic E-state index is 13.4. The van der Waals surface area contributed by atoms with Crippen LogP contribution >= 0.6 is 35.0 Å². The average Bonchev–Trinajstić information content (AvgIpc) is 3.02. The van der Waals surface area contributed by atoms with Gasteiger partial charge in [-0.15, -0.1) is 0 Å². The van der Waals surface area contributed by atoms with Crippen LogP contribution < -0.4 is 15.5 Å². The second-order valence-corrected chi connectivity index (χ2v) is 11.9. The van der Waals surface area contributed by atoms with Crippen LogP contribution in [0.1, 0.15) is 29.7 Å². The summed E-state index contributed by atoms with van der Waals surface area (Å²) in [6.07, 6.45) is -1.72. The number of aliphatic carboxylic acids is 1. The first-order chi connectivity index (χ1) is 21.4. The summed E-state index contributed by atoms with van der Waals surface area (Å²) in [5.41, 5.74) is 0.155. The van der Waals surface area contributed by atoms with Crippen molar-refractivity contribution in [3.63, 3.8) is 0 Å². The lowest BCUT2D eigenvalue weighted by Gasteiger charge is -2.31. The summed E-state index contributed by atoms with van der Waals surface area (Å²) in [6, 6.07) is 13.5. The minimum atomic E-state index is -4.62. The number of aromatic nitrogens is 2. The molecule has 1 aliphatic rings. The predicted molar refractivity (Wildman–Crippen MR) is 167 cm³/mol. The number of nitrogens with one attached hydrogen (secondary N) is 2. The smallest absolute Gasteiger partial charge is 0.433 e. The van der Waals surface area contributed by atoms with Gasteiger partial charge in [-0.1, -0.05) is 59.6 Å². The number of carboxylic acid groups (broad SMARTS) is 1. The van der Waals surface area contributed by atoms with Crippen LogP contribution in [-0.4, -0.2) is 57.7 Å². The van der Waals surface area contributed by atoms with Gasteiger partial charge in [-0.2, -0.15) is 24.9 Å². The number of hydrogen-bond donors (Lipinski definition) is 3. The highest BCUT2D eigenvalue weighted by Crippen LogP contribution is 2.29. The maximum absolute atomic E-state index is 13.4. The number of halogens is 5. The third-order valence-electron chi connectivity index (χ3n) is 6.84. The number of amides is 2. The molecule has 0 unspecified atom stereocenters. The highest BCUT2D eigenvalue weighted by Gasteiger charge is 2.34. The third-order valence-corrected chi connectivity index (χ3v) is 8.68. The molecule has 4 rings (SSSR count). The summed E-state index contributed by atoms with van der Waals surface area (Å²) < 4.78 is 39.3. The first-order valence-electron chi connectivity index (χ1n) is 13.7. The highest BCUT2D eigenvalue weighted by atomic mass is 35.5. The number of benzene rings is 2. The Kier molecular flexibility index (Phi) is 11.7. The molecule has 3 aromatic rings. The number of carboxylic acids is 1. The van der Waals surface area contributed by atoms with E-state index in [1.807, 2.05) is 30.3 Å². The Labute approximate surface area is 271 Å². The van der Waals surface area contributed by atoms with Crippen LogP contribution in [0.5, 0.6) is 0 Å².